The second-order valence-electron chi connectivity index (χ2n) is 6.13. The molecule has 0 spiro atoms. The van der Waals surface area contributed by atoms with E-state index in [-0.39, 0.29) is 11.9 Å². The van der Waals surface area contributed by atoms with E-state index in [0.717, 1.165) is 50.3 Å². The number of imidazole rings is 1. The SMILES string of the molecule is CCCN1CCC[C@@H](NC(=O)c2cccc(-c3ncc[nH]3)c2)C1. The van der Waals surface area contributed by atoms with Gasteiger partial charge >= 0.3 is 0 Å². The third-order valence-corrected chi connectivity index (χ3v) is 4.28. The Kier molecular flexibility index (Phi) is 5.08. The lowest BCUT2D eigenvalue weighted by Crippen LogP contribution is -2.47. The van der Waals surface area contributed by atoms with Crippen molar-refractivity contribution in [2.75, 3.05) is 19.6 Å². The van der Waals surface area contributed by atoms with E-state index >= 15 is 0 Å². The van der Waals surface area contributed by atoms with Crippen molar-refractivity contribution in [3.63, 3.8) is 0 Å². The molecule has 1 amide bonds. The van der Waals surface area contributed by atoms with Gasteiger partial charge in [0.25, 0.3) is 5.91 Å². The number of benzene rings is 1. The number of nitrogens with one attached hydrogen (secondary N) is 2. The maximum atomic E-state index is 12.5. The Balaban J connectivity index is 1.65. The summed E-state index contributed by atoms with van der Waals surface area (Å²) < 4.78 is 0. The highest BCUT2D eigenvalue weighted by Gasteiger charge is 2.21. The summed E-state index contributed by atoms with van der Waals surface area (Å²) in [6.45, 7) is 5.41. The van der Waals surface area contributed by atoms with E-state index in [0.29, 0.717) is 5.56 Å². The molecule has 0 saturated carbocycles. The summed E-state index contributed by atoms with van der Waals surface area (Å²) in [5, 5.41) is 3.18. The molecule has 0 unspecified atom stereocenters. The fraction of sp³-hybridized carbons (Fsp3) is 0.444. The Bertz CT molecular complexity index is 636. The predicted molar refractivity (Wildman–Crippen MR) is 91.2 cm³/mol. The van der Waals surface area contributed by atoms with Crippen molar-refractivity contribution in [2.45, 2.75) is 32.2 Å². The number of nitrogens with zero attached hydrogens (tertiary/aromatic N) is 2. The van der Waals surface area contributed by atoms with Gasteiger partial charge < -0.3 is 15.2 Å². The molecule has 1 aliphatic heterocycles. The van der Waals surface area contributed by atoms with Crippen LogP contribution in [0.2, 0.25) is 0 Å². The molecule has 2 N–H and O–H groups in total. The Morgan fingerprint density at radius 1 is 1.48 bits per heavy atom. The summed E-state index contributed by atoms with van der Waals surface area (Å²) in [5.74, 6) is 0.785. The zero-order valence-electron chi connectivity index (χ0n) is 13.6. The summed E-state index contributed by atoms with van der Waals surface area (Å²) >= 11 is 0. The number of aromatic amines is 1. The molecule has 1 aromatic carbocycles. The number of amides is 1. The second-order valence-corrected chi connectivity index (χ2v) is 6.13. The van der Waals surface area contributed by atoms with Crippen LogP contribution >= 0.6 is 0 Å². The number of carbonyl (C=O) groups is 1. The number of piperidine rings is 1. The second kappa shape index (κ2) is 7.42. The molecule has 2 heterocycles. The number of likely N-dealkylation sites (tertiary alicyclic amines) is 1. The van der Waals surface area contributed by atoms with Crippen LogP contribution in [0.25, 0.3) is 11.4 Å². The van der Waals surface area contributed by atoms with Gasteiger partial charge in [0.05, 0.1) is 0 Å². The van der Waals surface area contributed by atoms with Crippen LogP contribution in [-0.4, -0.2) is 46.5 Å². The highest BCUT2D eigenvalue weighted by Crippen LogP contribution is 2.17. The molecule has 23 heavy (non-hydrogen) atoms. The molecule has 5 heteroatoms. The number of H-pyrrole nitrogens is 1. The van der Waals surface area contributed by atoms with Gasteiger partial charge in [0.2, 0.25) is 0 Å². The highest BCUT2D eigenvalue weighted by molar-refractivity contribution is 5.95. The van der Waals surface area contributed by atoms with Gasteiger partial charge in [-0.25, -0.2) is 4.98 Å². The van der Waals surface area contributed by atoms with Crippen molar-refractivity contribution in [3.05, 3.63) is 42.2 Å². The summed E-state index contributed by atoms with van der Waals surface area (Å²) in [4.78, 5) is 22.3. The number of hydrogen-bond donors (Lipinski definition) is 2. The van der Waals surface area contributed by atoms with Crippen LogP contribution < -0.4 is 5.32 Å². The van der Waals surface area contributed by atoms with Crippen LogP contribution in [0.15, 0.2) is 36.7 Å². The standard InChI is InChI=1S/C18H24N4O/c1-2-10-22-11-4-7-16(13-22)21-18(23)15-6-3-5-14(12-15)17-19-8-9-20-17/h3,5-6,8-9,12,16H,2,4,7,10-11,13H2,1H3,(H,19,20)(H,21,23)/t16-/m1/s1. The van der Waals surface area contributed by atoms with Crippen LogP contribution in [-0.2, 0) is 0 Å². The molecule has 122 valence electrons. The van der Waals surface area contributed by atoms with Gasteiger partial charge in [0, 0.05) is 36.1 Å². The molecule has 1 fully saturated rings. The van der Waals surface area contributed by atoms with Gasteiger partial charge in [-0.3, -0.25) is 4.79 Å². The smallest absolute Gasteiger partial charge is 0.251 e. The summed E-state index contributed by atoms with van der Waals surface area (Å²) in [7, 11) is 0. The first-order valence-corrected chi connectivity index (χ1v) is 8.39. The molecular formula is C18H24N4O. The Hall–Kier alpha value is -2.14. The number of carbonyl (C=O) groups excluding carboxylic acids is 1. The molecule has 0 aliphatic carbocycles. The minimum Gasteiger partial charge on any atom is -0.348 e. The summed E-state index contributed by atoms with van der Waals surface area (Å²) in [6, 6.07) is 7.85. The average Bonchev–Trinajstić information content (AvgIpc) is 3.10. The largest absolute Gasteiger partial charge is 0.348 e. The first-order chi connectivity index (χ1) is 11.3. The van der Waals surface area contributed by atoms with Crippen LogP contribution in [0, 0.1) is 0 Å². The van der Waals surface area contributed by atoms with Crippen LogP contribution in [0.5, 0.6) is 0 Å². The van der Waals surface area contributed by atoms with Gasteiger partial charge in [-0.15, -0.1) is 0 Å². The molecule has 1 saturated heterocycles. The van der Waals surface area contributed by atoms with E-state index in [4.69, 9.17) is 0 Å². The lowest BCUT2D eigenvalue weighted by molar-refractivity contribution is 0.0904. The third-order valence-electron chi connectivity index (χ3n) is 4.28. The van der Waals surface area contributed by atoms with Crippen molar-refractivity contribution in [1.82, 2.24) is 20.2 Å². The van der Waals surface area contributed by atoms with Crippen LogP contribution in [0.4, 0.5) is 0 Å². The lowest BCUT2D eigenvalue weighted by atomic mass is 10.0. The minimum atomic E-state index is 0.00162. The van der Waals surface area contributed by atoms with Gasteiger partial charge in [0.1, 0.15) is 5.82 Å². The van der Waals surface area contributed by atoms with Crippen LogP contribution in [0.3, 0.4) is 0 Å². The average molecular weight is 312 g/mol. The number of rotatable bonds is 5. The lowest BCUT2D eigenvalue weighted by Gasteiger charge is -2.32. The van der Waals surface area contributed by atoms with E-state index in [1.807, 2.05) is 24.3 Å². The molecule has 1 aliphatic rings. The van der Waals surface area contributed by atoms with Crippen LogP contribution in [0.1, 0.15) is 36.5 Å². The molecule has 0 bridgehead atoms. The Morgan fingerprint density at radius 2 is 2.39 bits per heavy atom. The maximum absolute atomic E-state index is 12.5. The van der Waals surface area contributed by atoms with Crippen molar-refractivity contribution >= 4 is 5.91 Å². The first-order valence-electron chi connectivity index (χ1n) is 8.39. The third kappa shape index (κ3) is 3.99. The summed E-state index contributed by atoms with van der Waals surface area (Å²) in [6.07, 6.45) is 6.87. The predicted octanol–water partition coefficient (Wildman–Crippen LogP) is 2.68. The summed E-state index contributed by atoms with van der Waals surface area (Å²) in [5.41, 5.74) is 1.62. The number of hydrogen-bond acceptors (Lipinski definition) is 3. The minimum absolute atomic E-state index is 0.00162. The quantitative estimate of drug-likeness (QED) is 0.892. The molecule has 1 aromatic heterocycles. The van der Waals surface area contributed by atoms with E-state index in [2.05, 4.69) is 27.1 Å². The molecule has 5 nitrogen and oxygen atoms in total. The van der Waals surface area contributed by atoms with E-state index in [1.54, 1.807) is 12.4 Å². The molecule has 1 atom stereocenters. The monoisotopic (exact) mass is 312 g/mol. The normalized spacial score (nSPS) is 18.7. The Morgan fingerprint density at radius 3 is 3.17 bits per heavy atom. The Labute approximate surface area is 137 Å². The molecular weight excluding hydrogens is 288 g/mol. The first kappa shape index (κ1) is 15.7. The van der Waals surface area contributed by atoms with Gasteiger partial charge in [0.15, 0.2) is 0 Å². The van der Waals surface area contributed by atoms with Gasteiger partial charge in [-0.1, -0.05) is 19.1 Å². The van der Waals surface area contributed by atoms with E-state index in [1.165, 1.54) is 0 Å². The van der Waals surface area contributed by atoms with Crippen molar-refractivity contribution in [3.8, 4) is 11.4 Å². The maximum Gasteiger partial charge on any atom is 0.251 e. The highest BCUT2D eigenvalue weighted by atomic mass is 16.1. The fourth-order valence-electron chi connectivity index (χ4n) is 3.19. The van der Waals surface area contributed by atoms with Crippen molar-refractivity contribution in [1.29, 1.82) is 0 Å². The van der Waals surface area contributed by atoms with E-state index in [9.17, 15) is 4.79 Å². The zero-order chi connectivity index (χ0) is 16.1. The van der Waals surface area contributed by atoms with Gasteiger partial charge in [-0.2, -0.15) is 0 Å². The zero-order valence-corrected chi connectivity index (χ0v) is 13.6. The van der Waals surface area contributed by atoms with Crippen molar-refractivity contribution < 1.29 is 4.79 Å². The number of aromatic nitrogens is 2. The molecule has 2 aromatic rings. The topological polar surface area (TPSA) is 61.0 Å². The van der Waals surface area contributed by atoms with Crippen molar-refractivity contribution in [2.24, 2.45) is 0 Å². The fourth-order valence-corrected chi connectivity index (χ4v) is 3.19. The molecule has 3 rings (SSSR count). The molecule has 0 radical (unpaired) electrons. The van der Waals surface area contributed by atoms with E-state index < -0.39 is 0 Å². The van der Waals surface area contributed by atoms with Gasteiger partial charge in [-0.05, 0) is 44.5 Å².